The van der Waals surface area contributed by atoms with E-state index in [0.29, 0.717) is 11.8 Å². The van der Waals surface area contributed by atoms with Crippen LogP contribution in [0.5, 0.6) is 0 Å². The quantitative estimate of drug-likeness (QED) is 0.567. The van der Waals surface area contributed by atoms with Crippen LogP contribution in [0.4, 0.5) is 0 Å². The zero-order chi connectivity index (χ0) is 8.55. The molecule has 1 aliphatic rings. The average molecular weight is 159 g/mol. The largest absolute Gasteiger partial charge is 0.257 e. The number of pyridine rings is 1. The Balaban J connectivity index is 2.52. The van der Waals surface area contributed by atoms with Gasteiger partial charge in [-0.25, -0.2) is 0 Å². The highest BCUT2D eigenvalue weighted by molar-refractivity contribution is 5.53. The van der Waals surface area contributed by atoms with E-state index in [4.69, 9.17) is 0 Å². The summed E-state index contributed by atoms with van der Waals surface area (Å²) in [5, 5.41) is 0. The lowest BCUT2D eigenvalue weighted by atomic mass is 9.84. The fourth-order valence-electron chi connectivity index (χ4n) is 1.65. The van der Waals surface area contributed by atoms with Crippen molar-refractivity contribution in [1.82, 2.24) is 4.98 Å². The van der Waals surface area contributed by atoms with E-state index in [1.807, 2.05) is 12.3 Å². The maximum atomic E-state index is 4.32. The first-order valence-corrected chi connectivity index (χ1v) is 4.42. The Bertz CT molecular complexity index is 315. The fraction of sp³-hybridized carbons (Fsp3) is 0.364. The van der Waals surface area contributed by atoms with Crippen LogP contribution >= 0.6 is 0 Å². The molecule has 62 valence electrons. The van der Waals surface area contributed by atoms with Crippen LogP contribution in [0.2, 0.25) is 0 Å². The summed E-state index contributed by atoms with van der Waals surface area (Å²) in [6.07, 6.45) is 6.21. The number of allylic oxidation sites excluding steroid dienone is 1. The molecular weight excluding hydrogens is 146 g/mol. The van der Waals surface area contributed by atoms with Gasteiger partial charge >= 0.3 is 0 Å². The van der Waals surface area contributed by atoms with Gasteiger partial charge in [0.25, 0.3) is 0 Å². The molecule has 0 amide bonds. The molecule has 1 aromatic heterocycles. The molecule has 0 fully saturated rings. The molecule has 0 spiro atoms. The summed E-state index contributed by atoms with van der Waals surface area (Å²) in [5.74, 6) is 1.25. The lowest BCUT2D eigenvalue weighted by Crippen LogP contribution is -2.09. The van der Waals surface area contributed by atoms with Gasteiger partial charge in [-0.05, 0) is 29.5 Å². The minimum atomic E-state index is 0.610. The van der Waals surface area contributed by atoms with Crippen LogP contribution in [0.1, 0.15) is 31.0 Å². The van der Waals surface area contributed by atoms with Crippen molar-refractivity contribution in [3.63, 3.8) is 0 Å². The first-order chi connectivity index (χ1) is 5.79. The predicted molar refractivity (Wildman–Crippen MR) is 50.9 cm³/mol. The third-order valence-electron chi connectivity index (χ3n) is 2.71. The monoisotopic (exact) mass is 159 g/mol. The summed E-state index contributed by atoms with van der Waals surface area (Å²) in [7, 11) is 0. The van der Waals surface area contributed by atoms with E-state index in [1.165, 1.54) is 5.56 Å². The molecule has 0 aromatic carbocycles. The lowest BCUT2D eigenvalue weighted by molar-refractivity contribution is 0.583. The Morgan fingerprint density at radius 3 is 3.00 bits per heavy atom. The standard InChI is InChI=1S/C11H13N/c1-8-5-6-11-10(9(8)2)4-3-7-12-11/h3-9H,1-2H3/t8-,9-/m1/s1. The first kappa shape index (κ1) is 7.53. The Kier molecular flexibility index (Phi) is 1.72. The van der Waals surface area contributed by atoms with Crippen LogP contribution in [-0.2, 0) is 0 Å². The van der Waals surface area contributed by atoms with Gasteiger partial charge in [0.15, 0.2) is 0 Å². The second kappa shape index (κ2) is 2.74. The molecule has 0 unspecified atom stereocenters. The second-order valence-corrected chi connectivity index (χ2v) is 3.48. The van der Waals surface area contributed by atoms with Gasteiger partial charge in [0.1, 0.15) is 0 Å². The Morgan fingerprint density at radius 2 is 2.17 bits per heavy atom. The van der Waals surface area contributed by atoms with Crippen LogP contribution < -0.4 is 0 Å². The van der Waals surface area contributed by atoms with E-state index in [1.54, 1.807) is 0 Å². The molecule has 1 nitrogen and oxygen atoms in total. The normalized spacial score (nSPS) is 26.8. The van der Waals surface area contributed by atoms with Crippen molar-refractivity contribution >= 4 is 6.08 Å². The van der Waals surface area contributed by atoms with Crippen LogP contribution in [0, 0.1) is 5.92 Å². The summed E-state index contributed by atoms with van der Waals surface area (Å²) in [4.78, 5) is 4.32. The highest BCUT2D eigenvalue weighted by Gasteiger charge is 2.18. The van der Waals surface area contributed by atoms with E-state index < -0.39 is 0 Å². The second-order valence-electron chi connectivity index (χ2n) is 3.48. The molecular formula is C11H13N. The van der Waals surface area contributed by atoms with E-state index >= 15 is 0 Å². The van der Waals surface area contributed by atoms with Crippen LogP contribution in [-0.4, -0.2) is 4.98 Å². The Labute approximate surface area is 73.1 Å². The molecule has 0 N–H and O–H groups in total. The molecule has 1 aliphatic carbocycles. The minimum absolute atomic E-state index is 0.610. The molecule has 2 rings (SSSR count). The molecule has 0 bridgehead atoms. The zero-order valence-corrected chi connectivity index (χ0v) is 7.49. The van der Waals surface area contributed by atoms with Crippen molar-refractivity contribution in [2.24, 2.45) is 5.92 Å². The topological polar surface area (TPSA) is 12.9 Å². The third-order valence-corrected chi connectivity index (χ3v) is 2.71. The van der Waals surface area contributed by atoms with Gasteiger partial charge in [-0.3, -0.25) is 4.98 Å². The number of rotatable bonds is 0. The van der Waals surface area contributed by atoms with Gasteiger partial charge in [0.05, 0.1) is 5.69 Å². The van der Waals surface area contributed by atoms with E-state index in [0.717, 1.165) is 5.69 Å². The molecule has 0 aliphatic heterocycles. The SMILES string of the molecule is C[C@@H]1C=Cc2ncccc2[C@@H]1C. The first-order valence-electron chi connectivity index (χ1n) is 4.42. The number of nitrogens with zero attached hydrogens (tertiary/aromatic N) is 1. The average Bonchev–Trinajstić information content (AvgIpc) is 2.12. The summed E-state index contributed by atoms with van der Waals surface area (Å²) in [5.41, 5.74) is 2.52. The molecule has 1 heterocycles. The van der Waals surface area contributed by atoms with Gasteiger partial charge in [0, 0.05) is 6.20 Å². The molecule has 0 saturated carbocycles. The maximum absolute atomic E-state index is 4.32. The number of aromatic nitrogens is 1. The Morgan fingerprint density at radius 1 is 1.33 bits per heavy atom. The predicted octanol–water partition coefficient (Wildman–Crippen LogP) is 2.85. The van der Waals surface area contributed by atoms with Crippen LogP contribution in [0.25, 0.3) is 6.08 Å². The number of fused-ring (bicyclic) bond motifs is 1. The van der Waals surface area contributed by atoms with Crippen molar-refractivity contribution in [2.45, 2.75) is 19.8 Å². The van der Waals surface area contributed by atoms with Gasteiger partial charge in [-0.1, -0.05) is 26.0 Å². The molecule has 0 saturated heterocycles. The molecule has 1 heteroatoms. The number of hydrogen-bond donors (Lipinski definition) is 0. The van der Waals surface area contributed by atoms with E-state index in [9.17, 15) is 0 Å². The number of hydrogen-bond acceptors (Lipinski definition) is 1. The maximum Gasteiger partial charge on any atom is 0.0661 e. The molecule has 0 radical (unpaired) electrons. The van der Waals surface area contributed by atoms with Crippen molar-refractivity contribution in [3.05, 3.63) is 35.7 Å². The van der Waals surface area contributed by atoms with Crippen molar-refractivity contribution in [3.8, 4) is 0 Å². The van der Waals surface area contributed by atoms with Crippen molar-refractivity contribution < 1.29 is 0 Å². The van der Waals surface area contributed by atoms with Gasteiger partial charge in [0.2, 0.25) is 0 Å². The van der Waals surface area contributed by atoms with E-state index in [-0.39, 0.29) is 0 Å². The summed E-state index contributed by atoms with van der Waals surface area (Å²) in [6.45, 7) is 4.51. The summed E-state index contributed by atoms with van der Waals surface area (Å²) < 4.78 is 0. The van der Waals surface area contributed by atoms with Gasteiger partial charge in [-0.15, -0.1) is 0 Å². The highest BCUT2D eigenvalue weighted by atomic mass is 14.7. The van der Waals surface area contributed by atoms with Crippen molar-refractivity contribution in [2.75, 3.05) is 0 Å². The molecule has 1 aromatic rings. The Hall–Kier alpha value is -1.11. The van der Waals surface area contributed by atoms with Crippen LogP contribution in [0.3, 0.4) is 0 Å². The summed E-state index contributed by atoms with van der Waals surface area (Å²) >= 11 is 0. The van der Waals surface area contributed by atoms with E-state index in [2.05, 4.69) is 37.0 Å². The summed E-state index contributed by atoms with van der Waals surface area (Å²) in [6, 6.07) is 4.19. The lowest BCUT2D eigenvalue weighted by Gasteiger charge is -2.22. The smallest absolute Gasteiger partial charge is 0.0661 e. The van der Waals surface area contributed by atoms with Crippen LogP contribution in [0.15, 0.2) is 24.4 Å². The van der Waals surface area contributed by atoms with Crippen molar-refractivity contribution in [1.29, 1.82) is 0 Å². The molecule has 12 heavy (non-hydrogen) atoms. The molecule has 2 atom stereocenters. The fourth-order valence-corrected chi connectivity index (χ4v) is 1.65. The highest BCUT2D eigenvalue weighted by Crippen LogP contribution is 2.31. The van der Waals surface area contributed by atoms with Gasteiger partial charge < -0.3 is 0 Å². The van der Waals surface area contributed by atoms with Gasteiger partial charge in [-0.2, -0.15) is 0 Å². The third kappa shape index (κ3) is 1.06. The zero-order valence-electron chi connectivity index (χ0n) is 7.49. The minimum Gasteiger partial charge on any atom is -0.257 e.